The average Bonchev–Trinajstić information content (AvgIpc) is 2.25. The normalized spacial score (nSPS) is 12.7. The quantitative estimate of drug-likeness (QED) is 0.616. The van der Waals surface area contributed by atoms with Gasteiger partial charge in [0, 0.05) is 10.1 Å². The van der Waals surface area contributed by atoms with Crippen molar-refractivity contribution in [2.45, 2.75) is 43.3 Å². The lowest BCUT2D eigenvalue weighted by atomic mass is 10.2. The Labute approximate surface area is 92.1 Å². The average molecular weight is 207 g/mol. The van der Waals surface area contributed by atoms with Crippen LogP contribution in [0.25, 0.3) is 0 Å². The fourth-order valence-electron chi connectivity index (χ4n) is 1.37. The molecule has 0 heterocycles. The lowest BCUT2D eigenvalue weighted by Gasteiger charge is -2.13. The maximum absolute atomic E-state index is 2.31. The van der Waals surface area contributed by atoms with Gasteiger partial charge in [-0.3, -0.25) is 0 Å². The third-order valence-corrected chi connectivity index (χ3v) is 3.60. The zero-order valence-electron chi connectivity index (χ0n) is 9.07. The lowest BCUT2D eigenvalue weighted by molar-refractivity contribution is 0.721. The Morgan fingerprint density at radius 2 is 2.00 bits per heavy atom. The lowest BCUT2D eigenvalue weighted by Crippen LogP contribution is -2.00. The molecule has 1 radical (unpaired) electrons. The molecule has 77 valence electrons. The summed E-state index contributed by atoms with van der Waals surface area (Å²) in [6.07, 6.45) is 6.23. The molecule has 1 rings (SSSR count). The molecule has 0 aromatic heterocycles. The summed E-state index contributed by atoms with van der Waals surface area (Å²) in [6, 6.07) is 10.7. The SMILES string of the molecule is C[CH]C(CCCC)Sc1ccccc1. The van der Waals surface area contributed by atoms with Crippen molar-refractivity contribution in [3.8, 4) is 0 Å². The molecule has 0 nitrogen and oxygen atoms in total. The van der Waals surface area contributed by atoms with Crippen molar-refractivity contribution >= 4 is 11.8 Å². The van der Waals surface area contributed by atoms with Crippen molar-refractivity contribution in [1.29, 1.82) is 0 Å². The van der Waals surface area contributed by atoms with Crippen molar-refractivity contribution in [2.75, 3.05) is 0 Å². The van der Waals surface area contributed by atoms with Crippen LogP contribution in [0.15, 0.2) is 35.2 Å². The molecular weight excluding hydrogens is 188 g/mol. The summed E-state index contributed by atoms with van der Waals surface area (Å²) in [5.74, 6) is 0. The number of thioether (sulfide) groups is 1. The molecule has 0 saturated heterocycles. The highest BCUT2D eigenvalue weighted by Gasteiger charge is 2.06. The van der Waals surface area contributed by atoms with E-state index in [1.54, 1.807) is 0 Å². The van der Waals surface area contributed by atoms with Gasteiger partial charge >= 0.3 is 0 Å². The van der Waals surface area contributed by atoms with Gasteiger partial charge < -0.3 is 0 Å². The predicted molar refractivity (Wildman–Crippen MR) is 65.6 cm³/mol. The number of unbranched alkanes of at least 4 members (excludes halogenated alkanes) is 1. The third kappa shape index (κ3) is 4.19. The largest absolute Gasteiger partial charge is 0.122 e. The fourth-order valence-corrected chi connectivity index (χ4v) is 2.46. The van der Waals surface area contributed by atoms with Crippen LogP contribution in [-0.4, -0.2) is 5.25 Å². The minimum atomic E-state index is 0.678. The Morgan fingerprint density at radius 3 is 2.57 bits per heavy atom. The molecule has 0 fully saturated rings. The van der Waals surface area contributed by atoms with Crippen molar-refractivity contribution in [3.63, 3.8) is 0 Å². The molecule has 1 heteroatoms. The van der Waals surface area contributed by atoms with Crippen molar-refractivity contribution in [3.05, 3.63) is 36.8 Å². The van der Waals surface area contributed by atoms with Gasteiger partial charge in [-0.15, -0.1) is 11.8 Å². The Balaban J connectivity index is 2.40. The summed E-state index contributed by atoms with van der Waals surface area (Å²) in [5.41, 5.74) is 0. The van der Waals surface area contributed by atoms with Gasteiger partial charge in [0.25, 0.3) is 0 Å². The number of hydrogen-bond donors (Lipinski definition) is 0. The smallest absolute Gasteiger partial charge is 0.0123 e. The van der Waals surface area contributed by atoms with E-state index in [9.17, 15) is 0 Å². The molecule has 0 amide bonds. The number of hydrogen-bond acceptors (Lipinski definition) is 1. The molecule has 1 unspecified atom stereocenters. The van der Waals surface area contributed by atoms with Crippen LogP contribution >= 0.6 is 11.8 Å². The summed E-state index contributed by atoms with van der Waals surface area (Å²) >= 11 is 1.97. The second-order valence-corrected chi connectivity index (χ2v) is 4.76. The van der Waals surface area contributed by atoms with Crippen molar-refractivity contribution < 1.29 is 0 Å². The van der Waals surface area contributed by atoms with Crippen molar-refractivity contribution in [2.24, 2.45) is 0 Å². The zero-order chi connectivity index (χ0) is 10.2. The van der Waals surface area contributed by atoms with E-state index < -0.39 is 0 Å². The van der Waals surface area contributed by atoms with E-state index in [1.807, 2.05) is 11.8 Å². The monoisotopic (exact) mass is 207 g/mol. The first kappa shape index (κ1) is 11.6. The van der Waals surface area contributed by atoms with Crippen LogP contribution in [0.5, 0.6) is 0 Å². The Bertz CT molecular complexity index is 230. The fraction of sp³-hybridized carbons (Fsp3) is 0.462. The molecule has 0 saturated carbocycles. The van der Waals surface area contributed by atoms with Crippen LogP contribution in [0.3, 0.4) is 0 Å². The maximum atomic E-state index is 2.31. The van der Waals surface area contributed by atoms with E-state index in [2.05, 4.69) is 50.6 Å². The van der Waals surface area contributed by atoms with E-state index >= 15 is 0 Å². The molecule has 0 spiro atoms. The van der Waals surface area contributed by atoms with Crippen LogP contribution in [0, 0.1) is 6.42 Å². The van der Waals surface area contributed by atoms with Gasteiger partial charge in [-0.05, 0) is 25.0 Å². The first-order valence-corrected chi connectivity index (χ1v) is 6.26. The summed E-state index contributed by atoms with van der Waals surface area (Å²) in [4.78, 5) is 1.38. The zero-order valence-corrected chi connectivity index (χ0v) is 9.89. The molecule has 1 atom stereocenters. The van der Waals surface area contributed by atoms with Crippen molar-refractivity contribution in [1.82, 2.24) is 0 Å². The minimum Gasteiger partial charge on any atom is -0.122 e. The Kier molecular flexibility index (Phi) is 5.77. The van der Waals surface area contributed by atoms with Gasteiger partial charge in [0.1, 0.15) is 0 Å². The van der Waals surface area contributed by atoms with E-state index in [4.69, 9.17) is 0 Å². The summed E-state index contributed by atoms with van der Waals surface area (Å²) in [6.45, 7) is 4.41. The van der Waals surface area contributed by atoms with Crippen LogP contribution in [0.1, 0.15) is 33.1 Å². The van der Waals surface area contributed by atoms with E-state index in [-0.39, 0.29) is 0 Å². The molecule has 1 aromatic carbocycles. The molecule has 0 N–H and O–H groups in total. The second-order valence-electron chi connectivity index (χ2n) is 3.44. The Hall–Kier alpha value is -0.430. The highest BCUT2D eigenvalue weighted by atomic mass is 32.2. The summed E-state index contributed by atoms with van der Waals surface area (Å²) in [5, 5.41) is 0.678. The highest BCUT2D eigenvalue weighted by molar-refractivity contribution is 8.00. The van der Waals surface area contributed by atoms with Gasteiger partial charge in [-0.1, -0.05) is 44.9 Å². The molecule has 14 heavy (non-hydrogen) atoms. The van der Waals surface area contributed by atoms with Crippen LogP contribution < -0.4 is 0 Å². The van der Waals surface area contributed by atoms with Crippen LogP contribution in [0.4, 0.5) is 0 Å². The molecule has 0 aliphatic rings. The predicted octanol–water partition coefficient (Wildman–Crippen LogP) is 4.56. The summed E-state index contributed by atoms with van der Waals surface area (Å²) < 4.78 is 0. The molecule has 0 aliphatic heterocycles. The first-order chi connectivity index (χ1) is 6.86. The van der Waals surface area contributed by atoms with E-state index in [1.165, 1.54) is 24.2 Å². The van der Waals surface area contributed by atoms with E-state index in [0.29, 0.717) is 5.25 Å². The molecule has 1 aromatic rings. The van der Waals surface area contributed by atoms with Gasteiger partial charge in [-0.2, -0.15) is 0 Å². The van der Waals surface area contributed by atoms with Gasteiger partial charge in [0.2, 0.25) is 0 Å². The van der Waals surface area contributed by atoms with Gasteiger partial charge in [-0.25, -0.2) is 0 Å². The van der Waals surface area contributed by atoms with Crippen LogP contribution in [-0.2, 0) is 0 Å². The molecular formula is C13H19S. The third-order valence-electron chi connectivity index (χ3n) is 2.24. The minimum absolute atomic E-state index is 0.678. The molecule has 0 aliphatic carbocycles. The standard InChI is InChI=1S/C13H19S/c1-3-5-9-12(4-2)14-13-10-7-6-8-11-13/h4,6-8,10-12H,3,5,9H2,1-2H3. The number of rotatable bonds is 6. The van der Waals surface area contributed by atoms with Gasteiger partial charge in [0.15, 0.2) is 0 Å². The van der Waals surface area contributed by atoms with E-state index in [0.717, 1.165) is 0 Å². The highest BCUT2D eigenvalue weighted by Crippen LogP contribution is 2.27. The second kappa shape index (κ2) is 6.94. The number of benzene rings is 1. The first-order valence-electron chi connectivity index (χ1n) is 5.38. The summed E-state index contributed by atoms with van der Waals surface area (Å²) in [7, 11) is 0. The topological polar surface area (TPSA) is 0 Å². The Morgan fingerprint density at radius 1 is 1.29 bits per heavy atom. The maximum Gasteiger partial charge on any atom is 0.0123 e. The molecule has 0 bridgehead atoms. The van der Waals surface area contributed by atoms with Crippen LogP contribution in [0.2, 0.25) is 0 Å². The van der Waals surface area contributed by atoms with Gasteiger partial charge in [0.05, 0.1) is 0 Å².